The van der Waals surface area contributed by atoms with Crippen LogP contribution in [0.25, 0.3) is 0 Å². The molecule has 3 rings (SSSR count). The number of hydrogen-bond donors (Lipinski definition) is 1. The van der Waals surface area contributed by atoms with Gasteiger partial charge >= 0.3 is 0 Å². The summed E-state index contributed by atoms with van der Waals surface area (Å²) < 4.78 is 20.3. The minimum Gasteiger partial charge on any atom is -0.493 e. The van der Waals surface area contributed by atoms with Crippen LogP contribution in [-0.4, -0.2) is 13.2 Å². The molecule has 0 fully saturated rings. The fourth-order valence-corrected chi connectivity index (χ4v) is 3.04. The first-order valence-electron chi connectivity index (χ1n) is 7.13. The Balaban J connectivity index is 1.65. The Hall–Kier alpha value is -1.39. The zero-order valence-corrected chi connectivity index (χ0v) is 13.2. The molecule has 2 nitrogen and oxygen atoms in total. The van der Waals surface area contributed by atoms with E-state index in [0.717, 1.165) is 28.8 Å². The lowest BCUT2D eigenvalue weighted by Crippen LogP contribution is -2.28. The van der Waals surface area contributed by atoms with E-state index in [1.807, 2.05) is 24.3 Å². The topological polar surface area (TPSA) is 21.3 Å². The first kappa shape index (κ1) is 14.5. The number of halogens is 2. The second kappa shape index (κ2) is 6.58. The maximum atomic E-state index is 13.6. The monoisotopic (exact) mass is 349 g/mol. The molecule has 0 radical (unpaired) electrons. The second-order valence-corrected chi connectivity index (χ2v) is 6.08. The summed E-state index contributed by atoms with van der Waals surface area (Å²) in [7, 11) is 0. The Bertz CT molecular complexity index is 632. The van der Waals surface area contributed by atoms with Gasteiger partial charge in [-0.1, -0.05) is 34.1 Å². The molecule has 1 atom stereocenters. The molecule has 1 unspecified atom stereocenters. The minimum atomic E-state index is -0.130. The van der Waals surface area contributed by atoms with Crippen LogP contribution in [0.4, 0.5) is 4.39 Å². The van der Waals surface area contributed by atoms with Crippen molar-refractivity contribution in [2.75, 3.05) is 13.2 Å². The third kappa shape index (κ3) is 3.44. The summed E-state index contributed by atoms with van der Waals surface area (Å²) in [5.41, 5.74) is 1.93. The first-order valence-corrected chi connectivity index (χ1v) is 7.92. The average Bonchev–Trinajstić information content (AvgIpc) is 2.49. The summed E-state index contributed by atoms with van der Waals surface area (Å²) in [5, 5.41) is 3.51. The Kier molecular flexibility index (Phi) is 4.56. The van der Waals surface area contributed by atoms with Gasteiger partial charge in [0.1, 0.15) is 11.6 Å². The van der Waals surface area contributed by atoms with Gasteiger partial charge < -0.3 is 10.1 Å². The maximum Gasteiger partial charge on any atom is 0.126 e. The number of fused-ring (bicyclic) bond motifs is 1. The Labute approximate surface area is 132 Å². The normalized spacial score (nSPS) is 17.1. The molecule has 2 aromatic rings. The van der Waals surface area contributed by atoms with Crippen LogP contribution in [0.2, 0.25) is 0 Å². The number of benzene rings is 2. The largest absolute Gasteiger partial charge is 0.493 e. The summed E-state index contributed by atoms with van der Waals surface area (Å²) in [6, 6.07) is 13.3. The highest BCUT2D eigenvalue weighted by atomic mass is 79.9. The van der Waals surface area contributed by atoms with Gasteiger partial charge in [0, 0.05) is 22.5 Å². The number of nitrogens with one attached hydrogen (secondary N) is 1. The number of ether oxygens (including phenoxy) is 1. The highest BCUT2D eigenvalue weighted by Crippen LogP contribution is 2.34. The lowest BCUT2D eigenvalue weighted by Gasteiger charge is -2.27. The number of hydrogen-bond acceptors (Lipinski definition) is 2. The van der Waals surface area contributed by atoms with Crippen molar-refractivity contribution in [3.8, 4) is 5.75 Å². The molecular weight excluding hydrogens is 333 g/mol. The van der Waals surface area contributed by atoms with E-state index in [-0.39, 0.29) is 11.9 Å². The van der Waals surface area contributed by atoms with E-state index >= 15 is 0 Å². The van der Waals surface area contributed by atoms with Crippen molar-refractivity contribution in [1.82, 2.24) is 5.32 Å². The van der Waals surface area contributed by atoms with Gasteiger partial charge in [-0.25, -0.2) is 4.39 Å². The Morgan fingerprint density at radius 3 is 2.95 bits per heavy atom. The van der Waals surface area contributed by atoms with Crippen LogP contribution in [0.15, 0.2) is 46.9 Å². The van der Waals surface area contributed by atoms with E-state index in [9.17, 15) is 4.39 Å². The van der Waals surface area contributed by atoms with Crippen molar-refractivity contribution in [2.24, 2.45) is 0 Å². The SMILES string of the molecule is Fc1ccccc1CCNC1CCOc2ccc(Br)cc21. The summed E-state index contributed by atoms with van der Waals surface area (Å²) in [5.74, 6) is 0.808. The molecule has 0 spiro atoms. The second-order valence-electron chi connectivity index (χ2n) is 5.17. The molecule has 110 valence electrons. The van der Waals surface area contributed by atoms with Crippen LogP contribution in [0.3, 0.4) is 0 Å². The van der Waals surface area contributed by atoms with E-state index < -0.39 is 0 Å². The van der Waals surface area contributed by atoms with E-state index in [1.165, 1.54) is 11.6 Å². The molecule has 2 aromatic carbocycles. The van der Waals surface area contributed by atoms with Gasteiger partial charge in [0.15, 0.2) is 0 Å². The van der Waals surface area contributed by atoms with Crippen molar-refractivity contribution in [2.45, 2.75) is 18.9 Å². The molecule has 0 aliphatic carbocycles. The summed E-state index contributed by atoms with van der Waals surface area (Å²) >= 11 is 3.50. The standard InChI is InChI=1S/C17H17BrFNO/c18-13-5-6-17-14(11-13)16(8-10-21-17)20-9-7-12-3-1-2-4-15(12)19/h1-6,11,16,20H,7-10H2. The van der Waals surface area contributed by atoms with Crippen LogP contribution >= 0.6 is 15.9 Å². The number of rotatable bonds is 4. The average molecular weight is 350 g/mol. The van der Waals surface area contributed by atoms with Gasteiger partial charge in [0.05, 0.1) is 6.61 Å². The van der Waals surface area contributed by atoms with Crippen molar-refractivity contribution < 1.29 is 9.13 Å². The van der Waals surface area contributed by atoms with E-state index in [2.05, 4.69) is 27.3 Å². The van der Waals surface area contributed by atoms with Crippen molar-refractivity contribution in [3.63, 3.8) is 0 Å². The van der Waals surface area contributed by atoms with Crippen LogP contribution in [-0.2, 0) is 6.42 Å². The Morgan fingerprint density at radius 1 is 1.24 bits per heavy atom. The Morgan fingerprint density at radius 2 is 2.10 bits per heavy atom. The van der Waals surface area contributed by atoms with Gasteiger partial charge in [-0.15, -0.1) is 0 Å². The fourth-order valence-electron chi connectivity index (χ4n) is 2.66. The molecule has 0 bridgehead atoms. The quantitative estimate of drug-likeness (QED) is 0.890. The van der Waals surface area contributed by atoms with Gasteiger partial charge in [-0.3, -0.25) is 0 Å². The third-order valence-corrected chi connectivity index (χ3v) is 4.25. The molecule has 0 aromatic heterocycles. The molecule has 0 amide bonds. The molecular formula is C17H17BrFNO. The molecule has 1 aliphatic heterocycles. The highest BCUT2D eigenvalue weighted by Gasteiger charge is 2.21. The van der Waals surface area contributed by atoms with Gasteiger partial charge in [-0.05, 0) is 42.8 Å². The van der Waals surface area contributed by atoms with Crippen LogP contribution in [0.5, 0.6) is 5.75 Å². The summed E-state index contributed by atoms with van der Waals surface area (Å²) in [6.45, 7) is 1.46. The minimum absolute atomic E-state index is 0.130. The predicted molar refractivity (Wildman–Crippen MR) is 85.1 cm³/mol. The molecule has 21 heavy (non-hydrogen) atoms. The van der Waals surface area contributed by atoms with Crippen molar-refractivity contribution in [3.05, 3.63) is 63.9 Å². The van der Waals surface area contributed by atoms with Crippen LogP contribution in [0, 0.1) is 5.82 Å². The first-order chi connectivity index (χ1) is 10.2. The smallest absolute Gasteiger partial charge is 0.126 e. The summed E-state index contributed by atoms with van der Waals surface area (Å²) in [6.07, 6.45) is 1.62. The third-order valence-electron chi connectivity index (χ3n) is 3.75. The van der Waals surface area contributed by atoms with E-state index in [1.54, 1.807) is 6.07 Å². The zero-order valence-electron chi connectivity index (χ0n) is 11.6. The van der Waals surface area contributed by atoms with Gasteiger partial charge in [0.25, 0.3) is 0 Å². The fraction of sp³-hybridized carbons (Fsp3) is 0.294. The molecule has 1 N–H and O–H groups in total. The highest BCUT2D eigenvalue weighted by molar-refractivity contribution is 9.10. The molecule has 0 saturated heterocycles. The maximum absolute atomic E-state index is 13.6. The lowest BCUT2D eigenvalue weighted by molar-refractivity contribution is 0.253. The van der Waals surface area contributed by atoms with Crippen LogP contribution in [0.1, 0.15) is 23.6 Å². The lowest BCUT2D eigenvalue weighted by atomic mass is 10.0. The zero-order chi connectivity index (χ0) is 14.7. The molecule has 4 heteroatoms. The predicted octanol–water partition coefficient (Wildman–Crippen LogP) is 4.24. The van der Waals surface area contributed by atoms with Gasteiger partial charge in [0.2, 0.25) is 0 Å². The molecule has 1 aliphatic rings. The van der Waals surface area contributed by atoms with E-state index in [4.69, 9.17) is 4.74 Å². The van der Waals surface area contributed by atoms with Crippen molar-refractivity contribution >= 4 is 15.9 Å². The van der Waals surface area contributed by atoms with Gasteiger partial charge in [-0.2, -0.15) is 0 Å². The molecule has 1 heterocycles. The molecule has 0 saturated carbocycles. The van der Waals surface area contributed by atoms with Crippen molar-refractivity contribution in [1.29, 1.82) is 0 Å². The van der Waals surface area contributed by atoms with E-state index in [0.29, 0.717) is 13.0 Å². The summed E-state index contributed by atoms with van der Waals surface area (Å²) in [4.78, 5) is 0. The van der Waals surface area contributed by atoms with Crippen LogP contribution < -0.4 is 10.1 Å².